The predicted octanol–water partition coefficient (Wildman–Crippen LogP) is 3.15. The van der Waals surface area contributed by atoms with Gasteiger partial charge in [0.2, 0.25) is 0 Å². The standard InChI is InChI=1S/C12H16ClN/c1-14-7-3-5-11(9-14)10-4-2-6-12(13)8-10/h2,4,6,8,11H,3,5,7,9H2,1H3. The summed E-state index contributed by atoms with van der Waals surface area (Å²) in [5.74, 6) is 0.674. The first-order valence-corrected chi connectivity index (χ1v) is 5.57. The van der Waals surface area contributed by atoms with E-state index in [1.54, 1.807) is 0 Å². The number of hydrogen-bond acceptors (Lipinski definition) is 1. The lowest BCUT2D eigenvalue weighted by atomic mass is 9.91. The first-order chi connectivity index (χ1) is 6.75. The molecule has 2 heteroatoms. The fraction of sp³-hybridized carbons (Fsp3) is 0.500. The highest BCUT2D eigenvalue weighted by Crippen LogP contribution is 2.27. The average molecular weight is 210 g/mol. The Labute approximate surface area is 90.7 Å². The van der Waals surface area contributed by atoms with Gasteiger partial charge in [0.15, 0.2) is 0 Å². The molecule has 1 saturated heterocycles. The summed E-state index contributed by atoms with van der Waals surface area (Å²) in [4.78, 5) is 2.40. The molecule has 0 aromatic heterocycles. The van der Waals surface area contributed by atoms with E-state index in [9.17, 15) is 0 Å². The van der Waals surface area contributed by atoms with E-state index in [0.29, 0.717) is 5.92 Å². The van der Waals surface area contributed by atoms with Crippen molar-refractivity contribution in [1.29, 1.82) is 0 Å². The number of halogens is 1. The molecular weight excluding hydrogens is 194 g/mol. The minimum atomic E-state index is 0.674. The lowest BCUT2D eigenvalue weighted by molar-refractivity contribution is 0.251. The van der Waals surface area contributed by atoms with Crippen molar-refractivity contribution >= 4 is 11.6 Å². The van der Waals surface area contributed by atoms with Crippen LogP contribution in [-0.4, -0.2) is 25.0 Å². The monoisotopic (exact) mass is 209 g/mol. The summed E-state index contributed by atoms with van der Waals surface area (Å²) in [5, 5.41) is 0.857. The Bertz CT molecular complexity index is 311. The van der Waals surface area contributed by atoms with Crippen LogP contribution in [0.25, 0.3) is 0 Å². The summed E-state index contributed by atoms with van der Waals surface area (Å²) >= 11 is 5.99. The van der Waals surface area contributed by atoms with Crippen LogP contribution in [0.3, 0.4) is 0 Å². The highest BCUT2D eigenvalue weighted by Gasteiger charge is 2.18. The van der Waals surface area contributed by atoms with Gasteiger partial charge in [-0.1, -0.05) is 23.7 Å². The SMILES string of the molecule is CN1CCCC(c2cccc(Cl)c2)C1. The fourth-order valence-electron chi connectivity index (χ4n) is 2.20. The van der Waals surface area contributed by atoms with Crippen LogP contribution in [0, 0.1) is 0 Å². The van der Waals surface area contributed by atoms with Gasteiger partial charge in [-0.2, -0.15) is 0 Å². The van der Waals surface area contributed by atoms with E-state index >= 15 is 0 Å². The van der Waals surface area contributed by atoms with Crippen LogP contribution < -0.4 is 0 Å². The number of likely N-dealkylation sites (N-methyl/N-ethyl adjacent to an activating group) is 1. The third-order valence-corrected chi connectivity index (χ3v) is 3.18. The van der Waals surface area contributed by atoms with Gasteiger partial charge in [-0.3, -0.25) is 0 Å². The van der Waals surface area contributed by atoms with E-state index in [1.807, 2.05) is 12.1 Å². The number of hydrogen-bond donors (Lipinski definition) is 0. The maximum atomic E-state index is 5.99. The topological polar surface area (TPSA) is 3.24 Å². The summed E-state index contributed by atoms with van der Waals surface area (Å²) in [5.41, 5.74) is 1.39. The third-order valence-electron chi connectivity index (χ3n) is 2.94. The molecule has 0 amide bonds. The second kappa shape index (κ2) is 4.33. The lowest BCUT2D eigenvalue weighted by Crippen LogP contribution is -2.30. The molecule has 1 aromatic rings. The summed E-state index contributed by atoms with van der Waals surface area (Å²) in [6.45, 7) is 2.40. The number of piperidine rings is 1. The largest absolute Gasteiger partial charge is 0.306 e. The normalized spacial score (nSPS) is 23.7. The molecule has 76 valence electrons. The van der Waals surface area contributed by atoms with Crippen LogP contribution in [0.5, 0.6) is 0 Å². The quantitative estimate of drug-likeness (QED) is 0.687. The molecule has 0 aliphatic carbocycles. The Hall–Kier alpha value is -0.530. The van der Waals surface area contributed by atoms with Gasteiger partial charge in [-0.15, -0.1) is 0 Å². The number of likely N-dealkylation sites (tertiary alicyclic amines) is 1. The van der Waals surface area contributed by atoms with E-state index in [0.717, 1.165) is 5.02 Å². The van der Waals surface area contributed by atoms with Crippen molar-refractivity contribution in [3.05, 3.63) is 34.9 Å². The molecule has 1 aromatic carbocycles. The fourth-order valence-corrected chi connectivity index (χ4v) is 2.40. The molecule has 1 unspecified atom stereocenters. The van der Waals surface area contributed by atoms with Crippen LogP contribution >= 0.6 is 11.6 Å². The Morgan fingerprint density at radius 3 is 3.00 bits per heavy atom. The van der Waals surface area contributed by atoms with Crippen molar-refractivity contribution in [2.24, 2.45) is 0 Å². The van der Waals surface area contributed by atoms with Crippen LogP contribution in [0.15, 0.2) is 24.3 Å². The Morgan fingerprint density at radius 1 is 1.43 bits per heavy atom. The average Bonchev–Trinajstić information content (AvgIpc) is 2.18. The molecule has 0 saturated carbocycles. The maximum Gasteiger partial charge on any atom is 0.0408 e. The van der Waals surface area contributed by atoms with E-state index in [2.05, 4.69) is 24.1 Å². The van der Waals surface area contributed by atoms with E-state index in [4.69, 9.17) is 11.6 Å². The molecule has 2 rings (SSSR count). The molecule has 1 fully saturated rings. The van der Waals surface area contributed by atoms with Crippen molar-refractivity contribution in [1.82, 2.24) is 4.90 Å². The molecule has 1 atom stereocenters. The van der Waals surface area contributed by atoms with Crippen LogP contribution in [0.2, 0.25) is 5.02 Å². The molecule has 0 spiro atoms. The van der Waals surface area contributed by atoms with Crippen molar-refractivity contribution in [2.45, 2.75) is 18.8 Å². The van der Waals surface area contributed by atoms with Crippen molar-refractivity contribution in [2.75, 3.05) is 20.1 Å². The Balaban J connectivity index is 2.14. The summed E-state index contributed by atoms with van der Waals surface area (Å²) < 4.78 is 0. The second-order valence-electron chi connectivity index (χ2n) is 4.16. The Kier molecular flexibility index (Phi) is 3.09. The van der Waals surface area contributed by atoms with Gasteiger partial charge in [0.1, 0.15) is 0 Å². The Morgan fingerprint density at radius 2 is 2.29 bits per heavy atom. The van der Waals surface area contributed by atoms with Crippen molar-refractivity contribution < 1.29 is 0 Å². The highest BCUT2D eigenvalue weighted by molar-refractivity contribution is 6.30. The molecule has 0 bridgehead atoms. The second-order valence-corrected chi connectivity index (χ2v) is 4.59. The summed E-state index contributed by atoms with van der Waals surface area (Å²) in [6, 6.07) is 8.28. The van der Waals surface area contributed by atoms with Gasteiger partial charge < -0.3 is 4.90 Å². The number of nitrogens with zero attached hydrogens (tertiary/aromatic N) is 1. The van der Waals surface area contributed by atoms with Crippen molar-refractivity contribution in [3.63, 3.8) is 0 Å². The van der Waals surface area contributed by atoms with Crippen molar-refractivity contribution in [3.8, 4) is 0 Å². The van der Waals surface area contributed by atoms with Gasteiger partial charge in [0, 0.05) is 11.6 Å². The smallest absolute Gasteiger partial charge is 0.0408 e. The highest BCUT2D eigenvalue weighted by atomic mass is 35.5. The van der Waals surface area contributed by atoms with Crippen LogP contribution in [0.4, 0.5) is 0 Å². The zero-order chi connectivity index (χ0) is 9.97. The van der Waals surface area contributed by atoms with Gasteiger partial charge in [-0.25, -0.2) is 0 Å². The zero-order valence-electron chi connectivity index (χ0n) is 8.54. The third kappa shape index (κ3) is 2.28. The first-order valence-electron chi connectivity index (χ1n) is 5.20. The number of benzene rings is 1. The maximum absolute atomic E-state index is 5.99. The van der Waals surface area contributed by atoms with E-state index < -0.39 is 0 Å². The van der Waals surface area contributed by atoms with Gasteiger partial charge >= 0.3 is 0 Å². The van der Waals surface area contributed by atoms with Crippen LogP contribution in [-0.2, 0) is 0 Å². The molecule has 0 N–H and O–H groups in total. The minimum Gasteiger partial charge on any atom is -0.306 e. The van der Waals surface area contributed by atoms with Gasteiger partial charge in [-0.05, 0) is 50.0 Å². The molecule has 1 nitrogen and oxygen atoms in total. The lowest BCUT2D eigenvalue weighted by Gasteiger charge is -2.29. The van der Waals surface area contributed by atoms with E-state index in [-0.39, 0.29) is 0 Å². The van der Waals surface area contributed by atoms with Gasteiger partial charge in [0.05, 0.1) is 0 Å². The molecular formula is C12H16ClN. The minimum absolute atomic E-state index is 0.674. The zero-order valence-corrected chi connectivity index (χ0v) is 9.30. The number of rotatable bonds is 1. The first kappa shape index (κ1) is 10.0. The molecule has 1 aliphatic heterocycles. The summed E-state index contributed by atoms with van der Waals surface area (Å²) in [6.07, 6.45) is 2.60. The molecule has 1 heterocycles. The molecule has 0 radical (unpaired) electrons. The van der Waals surface area contributed by atoms with Crippen LogP contribution in [0.1, 0.15) is 24.3 Å². The molecule has 1 aliphatic rings. The molecule has 14 heavy (non-hydrogen) atoms. The predicted molar refractivity (Wildman–Crippen MR) is 60.9 cm³/mol. The summed E-state index contributed by atoms with van der Waals surface area (Å²) in [7, 11) is 2.19. The van der Waals surface area contributed by atoms with E-state index in [1.165, 1.54) is 31.5 Å². The van der Waals surface area contributed by atoms with Gasteiger partial charge in [0.25, 0.3) is 0 Å².